The number of aromatic carboxylic acids is 1. The lowest BCUT2D eigenvalue weighted by Crippen LogP contribution is -2.00. The first-order chi connectivity index (χ1) is 9.69. The Balaban J connectivity index is 2.30. The van der Waals surface area contributed by atoms with Crippen molar-refractivity contribution in [3.63, 3.8) is 0 Å². The molecule has 2 heterocycles. The van der Waals surface area contributed by atoms with E-state index < -0.39 is 5.97 Å². The fourth-order valence-electron chi connectivity index (χ4n) is 2.22. The molecular formula is C16H13NO3. The van der Waals surface area contributed by atoms with Crippen molar-refractivity contribution in [2.45, 2.75) is 13.3 Å². The molecule has 3 aromatic rings. The number of aromatic nitrogens is 1. The highest BCUT2D eigenvalue weighted by Crippen LogP contribution is 2.26. The monoisotopic (exact) mass is 267 g/mol. The number of hydrogen-bond acceptors (Lipinski definition) is 3. The number of fused-ring (bicyclic) bond motifs is 1. The number of furan rings is 1. The third-order valence-corrected chi connectivity index (χ3v) is 3.29. The summed E-state index contributed by atoms with van der Waals surface area (Å²) in [7, 11) is 0. The number of pyridine rings is 1. The molecule has 0 fully saturated rings. The quantitative estimate of drug-likeness (QED) is 0.784. The second-order valence-corrected chi connectivity index (χ2v) is 4.54. The van der Waals surface area contributed by atoms with E-state index in [0.717, 1.165) is 12.0 Å². The Morgan fingerprint density at radius 2 is 2.15 bits per heavy atom. The van der Waals surface area contributed by atoms with Gasteiger partial charge in [-0.3, -0.25) is 0 Å². The van der Waals surface area contributed by atoms with Crippen molar-refractivity contribution in [2.24, 2.45) is 0 Å². The van der Waals surface area contributed by atoms with Crippen molar-refractivity contribution < 1.29 is 14.3 Å². The Morgan fingerprint density at radius 3 is 2.80 bits per heavy atom. The van der Waals surface area contributed by atoms with E-state index in [1.54, 1.807) is 24.5 Å². The lowest BCUT2D eigenvalue weighted by Gasteiger charge is -2.07. The maximum Gasteiger partial charge on any atom is 0.336 e. The van der Waals surface area contributed by atoms with E-state index in [9.17, 15) is 9.90 Å². The lowest BCUT2D eigenvalue weighted by atomic mass is 10.0. The maximum atomic E-state index is 11.5. The van der Waals surface area contributed by atoms with Gasteiger partial charge in [-0.25, -0.2) is 9.78 Å². The van der Waals surface area contributed by atoms with Crippen LogP contribution in [0.5, 0.6) is 0 Å². The van der Waals surface area contributed by atoms with E-state index >= 15 is 0 Å². The van der Waals surface area contributed by atoms with Gasteiger partial charge in [0, 0.05) is 5.39 Å². The van der Waals surface area contributed by atoms with Crippen molar-refractivity contribution in [1.29, 1.82) is 0 Å². The molecule has 20 heavy (non-hydrogen) atoms. The van der Waals surface area contributed by atoms with Gasteiger partial charge in [0.2, 0.25) is 0 Å². The smallest absolute Gasteiger partial charge is 0.336 e. The van der Waals surface area contributed by atoms with Crippen LogP contribution in [0.2, 0.25) is 0 Å². The van der Waals surface area contributed by atoms with E-state index in [4.69, 9.17) is 4.42 Å². The van der Waals surface area contributed by atoms with E-state index in [2.05, 4.69) is 4.98 Å². The summed E-state index contributed by atoms with van der Waals surface area (Å²) in [6.45, 7) is 2.03. The van der Waals surface area contributed by atoms with E-state index in [1.165, 1.54) is 0 Å². The lowest BCUT2D eigenvalue weighted by molar-refractivity contribution is 0.0699. The molecule has 0 aliphatic rings. The minimum absolute atomic E-state index is 0.247. The van der Waals surface area contributed by atoms with Crippen LogP contribution in [-0.2, 0) is 6.42 Å². The molecule has 0 radical (unpaired) electrons. The van der Waals surface area contributed by atoms with Crippen LogP contribution in [0.25, 0.3) is 22.4 Å². The molecule has 0 saturated heterocycles. The van der Waals surface area contributed by atoms with Gasteiger partial charge in [-0.05, 0) is 42.3 Å². The van der Waals surface area contributed by atoms with Gasteiger partial charge < -0.3 is 9.52 Å². The average molecular weight is 267 g/mol. The van der Waals surface area contributed by atoms with Gasteiger partial charge in [0.25, 0.3) is 0 Å². The van der Waals surface area contributed by atoms with Crippen LogP contribution in [0.3, 0.4) is 0 Å². The first kappa shape index (κ1) is 12.4. The number of rotatable bonds is 3. The summed E-state index contributed by atoms with van der Waals surface area (Å²) in [5.74, 6) is -0.396. The standard InChI is InChI=1S/C16H13NO3/c1-2-10-5-6-13-11(8-10)12(16(18)19)9-14(17-13)15-4-3-7-20-15/h3-9H,2H2,1H3,(H,18,19). The highest BCUT2D eigenvalue weighted by atomic mass is 16.4. The van der Waals surface area contributed by atoms with Crippen LogP contribution in [0.15, 0.2) is 47.1 Å². The minimum atomic E-state index is -0.960. The molecule has 1 aromatic carbocycles. The van der Waals surface area contributed by atoms with Crippen molar-refractivity contribution >= 4 is 16.9 Å². The number of carboxylic acid groups (broad SMARTS) is 1. The number of hydrogen-bond donors (Lipinski definition) is 1. The maximum absolute atomic E-state index is 11.5. The summed E-state index contributed by atoms with van der Waals surface area (Å²) >= 11 is 0. The molecule has 0 saturated carbocycles. The molecule has 0 spiro atoms. The molecule has 0 atom stereocenters. The van der Waals surface area contributed by atoms with Gasteiger partial charge in [-0.15, -0.1) is 0 Å². The summed E-state index contributed by atoms with van der Waals surface area (Å²) in [5, 5.41) is 10.1. The van der Waals surface area contributed by atoms with Crippen LogP contribution in [0, 0.1) is 0 Å². The zero-order valence-electron chi connectivity index (χ0n) is 11.0. The first-order valence-electron chi connectivity index (χ1n) is 6.40. The Bertz CT molecular complexity index is 776. The largest absolute Gasteiger partial charge is 0.478 e. The van der Waals surface area contributed by atoms with Gasteiger partial charge in [0.05, 0.1) is 17.3 Å². The van der Waals surface area contributed by atoms with E-state index in [0.29, 0.717) is 22.4 Å². The molecule has 0 aliphatic heterocycles. The van der Waals surface area contributed by atoms with Gasteiger partial charge >= 0.3 is 5.97 Å². The number of nitrogens with zero attached hydrogens (tertiary/aromatic N) is 1. The van der Waals surface area contributed by atoms with E-state index in [1.807, 2.05) is 25.1 Å². The van der Waals surface area contributed by atoms with Gasteiger partial charge in [-0.1, -0.05) is 13.0 Å². The summed E-state index contributed by atoms with van der Waals surface area (Å²) in [5.41, 5.74) is 2.53. The second-order valence-electron chi connectivity index (χ2n) is 4.54. The number of benzene rings is 1. The van der Waals surface area contributed by atoms with Gasteiger partial charge in [-0.2, -0.15) is 0 Å². The molecule has 1 N–H and O–H groups in total. The molecule has 3 rings (SSSR count). The number of carbonyl (C=O) groups is 1. The van der Waals surface area contributed by atoms with Crippen molar-refractivity contribution in [3.05, 3.63) is 53.8 Å². The fraction of sp³-hybridized carbons (Fsp3) is 0.125. The predicted molar refractivity (Wildman–Crippen MR) is 75.8 cm³/mol. The van der Waals surface area contributed by atoms with Crippen molar-refractivity contribution in [1.82, 2.24) is 4.98 Å². The zero-order chi connectivity index (χ0) is 14.1. The SMILES string of the molecule is CCc1ccc2nc(-c3ccco3)cc(C(=O)O)c2c1. The second kappa shape index (κ2) is 4.81. The molecule has 2 aromatic heterocycles. The predicted octanol–water partition coefficient (Wildman–Crippen LogP) is 3.76. The Hall–Kier alpha value is -2.62. The third kappa shape index (κ3) is 2.05. The summed E-state index contributed by atoms with van der Waals surface area (Å²) in [6, 6.07) is 10.8. The summed E-state index contributed by atoms with van der Waals surface area (Å²) in [6.07, 6.45) is 2.40. The molecule has 100 valence electrons. The number of carboxylic acids is 1. The molecule has 0 aliphatic carbocycles. The Kier molecular flexibility index (Phi) is 2.99. The van der Waals surface area contributed by atoms with Crippen LogP contribution in [0.1, 0.15) is 22.8 Å². The molecule has 0 unspecified atom stereocenters. The van der Waals surface area contributed by atoms with Crippen molar-refractivity contribution in [3.8, 4) is 11.5 Å². The van der Waals surface area contributed by atoms with Gasteiger partial charge in [0.15, 0.2) is 5.76 Å². The average Bonchev–Trinajstić information content (AvgIpc) is 2.99. The van der Waals surface area contributed by atoms with Gasteiger partial charge in [0.1, 0.15) is 5.69 Å². The number of aryl methyl sites for hydroxylation is 1. The Morgan fingerprint density at radius 1 is 1.30 bits per heavy atom. The highest BCUT2D eigenvalue weighted by Gasteiger charge is 2.14. The van der Waals surface area contributed by atoms with E-state index in [-0.39, 0.29) is 5.56 Å². The molecule has 0 bridgehead atoms. The summed E-state index contributed by atoms with van der Waals surface area (Å²) < 4.78 is 5.29. The van der Waals surface area contributed by atoms with Crippen LogP contribution in [0.4, 0.5) is 0 Å². The van der Waals surface area contributed by atoms with Crippen molar-refractivity contribution in [2.75, 3.05) is 0 Å². The summed E-state index contributed by atoms with van der Waals surface area (Å²) in [4.78, 5) is 16.0. The minimum Gasteiger partial charge on any atom is -0.478 e. The van der Waals surface area contributed by atoms with Crippen LogP contribution >= 0.6 is 0 Å². The fourth-order valence-corrected chi connectivity index (χ4v) is 2.22. The molecular weight excluding hydrogens is 254 g/mol. The third-order valence-electron chi connectivity index (χ3n) is 3.29. The highest BCUT2D eigenvalue weighted by molar-refractivity contribution is 6.03. The molecule has 0 amide bonds. The zero-order valence-corrected chi connectivity index (χ0v) is 11.0. The molecule has 4 nitrogen and oxygen atoms in total. The topological polar surface area (TPSA) is 63.3 Å². The van der Waals surface area contributed by atoms with Crippen LogP contribution < -0.4 is 0 Å². The normalized spacial score (nSPS) is 10.8. The first-order valence-corrected chi connectivity index (χ1v) is 6.40. The Labute approximate surface area is 115 Å². The van der Waals surface area contributed by atoms with Crippen LogP contribution in [-0.4, -0.2) is 16.1 Å². The molecule has 4 heteroatoms.